The first-order chi connectivity index (χ1) is 15.9. The van der Waals surface area contributed by atoms with Gasteiger partial charge in [-0.2, -0.15) is 0 Å². The standard InChI is InChI=1S/C26H20ClN3O2S/c1-16-12-20(17(2)30(16)22-9-10-23-19(13-22)4-3-11-28-23)14-24-25(31)29(26(32)33-24)15-18-5-7-21(27)8-6-18/h3-14H,15H2,1-2H3/b24-14+. The Morgan fingerprint density at radius 3 is 2.61 bits per heavy atom. The number of amides is 2. The van der Waals surface area contributed by atoms with Crippen molar-refractivity contribution in [3.05, 3.63) is 99.3 Å². The number of carbonyl (C=O) groups excluding carboxylic acids is 2. The number of benzene rings is 2. The van der Waals surface area contributed by atoms with E-state index in [1.54, 1.807) is 18.3 Å². The van der Waals surface area contributed by atoms with Crippen LogP contribution in [0.25, 0.3) is 22.7 Å². The summed E-state index contributed by atoms with van der Waals surface area (Å²) in [5, 5.41) is 1.41. The summed E-state index contributed by atoms with van der Waals surface area (Å²) >= 11 is 6.91. The number of aryl methyl sites for hydroxylation is 1. The third-order valence-electron chi connectivity index (χ3n) is 5.73. The minimum Gasteiger partial charge on any atom is -0.318 e. The molecule has 7 heteroatoms. The SMILES string of the molecule is Cc1cc(/C=C2/SC(=O)N(Cc3ccc(Cl)cc3)C2=O)c(C)n1-c1ccc2ncccc2c1. The van der Waals surface area contributed by atoms with Gasteiger partial charge in [-0.3, -0.25) is 19.5 Å². The van der Waals surface area contributed by atoms with Gasteiger partial charge in [-0.25, -0.2) is 0 Å². The maximum atomic E-state index is 13.0. The number of nitrogens with zero attached hydrogens (tertiary/aromatic N) is 3. The van der Waals surface area contributed by atoms with Gasteiger partial charge >= 0.3 is 0 Å². The summed E-state index contributed by atoms with van der Waals surface area (Å²) in [4.78, 5) is 31.6. The van der Waals surface area contributed by atoms with Crippen LogP contribution in [-0.2, 0) is 11.3 Å². The van der Waals surface area contributed by atoms with E-state index in [9.17, 15) is 9.59 Å². The number of aromatic nitrogens is 2. The summed E-state index contributed by atoms with van der Waals surface area (Å²) in [7, 11) is 0. The molecule has 164 valence electrons. The van der Waals surface area contributed by atoms with Crippen LogP contribution in [-0.4, -0.2) is 25.6 Å². The summed E-state index contributed by atoms with van der Waals surface area (Å²) in [6.45, 7) is 4.28. The minimum atomic E-state index is -0.276. The predicted molar refractivity (Wildman–Crippen MR) is 134 cm³/mol. The molecule has 2 amide bonds. The molecule has 5 nitrogen and oxygen atoms in total. The van der Waals surface area contributed by atoms with E-state index < -0.39 is 0 Å². The number of rotatable bonds is 4. The van der Waals surface area contributed by atoms with Crippen molar-refractivity contribution < 1.29 is 9.59 Å². The molecule has 1 aliphatic rings. The molecule has 2 aromatic heterocycles. The fraction of sp³-hybridized carbons (Fsp3) is 0.115. The normalized spacial score (nSPS) is 15.2. The van der Waals surface area contributed by atoms with Crippen LogP contribution in [0.15, 0.2) is 71.8 Å². The smallest absolute Gasteiger partial charge is 0.293 e. The second-order valence-electron chi connectivity index (χ2n) is 7.94. The number of thioether (sulfide) groups is 1. The molecular weight excluding hydrogens is 454 g/mol. The highest BCUT2D eigenvalue weighted by Crippen LogP contribution is 2.35. The molecule has 1 saturated heterocycles. The average Bonchev–Trinajstić information content (AvgIpc) is 3.24. The molecule has 0 saturated carbocycles. The number of imide groups is 1. The molecule has 0 atom stereocenters. The van der Waals surface area contributed by atoms with Gasteiger partial charge in [0.05, 0.1) is 17.0 Å². The highest BCUT2D eigenvalue weighted by Gasteiger charge is 2.35. The topological polar surface area (TPSA) is 55.2 Å². The first-order valence-electron chi connectivity index (χ1n) is 10.4. The van der Waals surface area contributed by atoms with Crippen molar-refractivity contribution in [2.24, 2.45) is 0 Å². The highest BCUT2D eigenvalue weighted by molar-refractivity contribution is 8.18. The van der Waals surface area contributed by atoms with Gasteiger partial charge < -0.3 is 4.57 Å². The number of halogens is 1. The molecule has 0 bridgehead atoms. The van der Waals surface area contributed by atoms with Crippen LogP contribution in [0.4, 0.5) is 4.79 Å². The molecular formula is C26H20ClN3O2S. The lowest BCUT2D eigenvalue weighted by Gasteiger charge is -2.12. The summed E-state index contributed by atoms with van der Waals surface area (Å²) in [6.07, 6.45) is 3.60. The van der Waals surface area contributed by atoms with Crippen LogP contribution < -0.4 is 0 Å². The fourth-order valence-corrected chi connectivity index (χ4v) is 5.04. The number of fused-ring (bicyclic) bond motifs is 1. The van der Waals surface area contributed by atoms with E-state index in [1.807, 2.05) is 62.4 Å². The zero-order valence-corrected chi connectivity index (χ0v) is 19.7. The van der Waals surface area contributed by atoms with E-state index >= 15 is 0 Å². The van der Waals surface area contributed by atoms with Crippen molar-refractivity contribution in [3.63, 3.8) is 0 Å². The number of hydrogen-bond donors (Lipinski definition) is 0. The van der Waals surface area contributed by atoms with Crippen molar-refractivity contribution >= 4 is 51.5 Å². The van der Waals surface area contributed by atoms with E-state index in [1.165, 1.54) is 4.90 Å². The van der Waals surface area contributed by atoms with Gasteiger partial charge in [0.1, 0.15) is 0 Å². The van der Waals surface area contributed by atoms with Gasteiger partial charge in [-0.05, 0) is 85.3 Å². The molecule has 5 rings (SSSR count). The molecule has 0 unspecified atom stereocenters. The molecule has 4 aromatic rings. The highest BCUT2D eigenvalue weighted by atomic mass is 35.5. The average molecular weight is 474 g/mol. The Hall–Kier alpha value is -3.35. The number of pyridine rings is 1. The second kappa shape index (κ2) is 8.54. The van der Waals surface area contributed by atoms with Gasteiger partial charge in [0.2, 0.25) is 0 Å². The lowest BCUT2D eigenvalue weighted by molar-refractivity contribution is -0.123. The Balaban J connectivity index is 1.45. The van der Waals surface area contributed by atoms with Crippen molar-refractivity contribution in [2.45, 2.75) is 20.4 Å². The molecule has 0 N–H and O–H groups in total. The van der Waals surface area contributed by atoms with Crippen LogP contribution in [0.5, 0.6) is 0 Å². The van der Waals surface area contributed by atoms with Gasteiger partial charge in [-0.1, -0.05) is 29.8 Å². The summed E-state index contributed by atoms with van der Waals surface area (Å²) in [6, 6.07) is 19.3. The van der Waals surface area contributed by atoms with Crippen molar-refractivity contribution in [3.8, 4) is 5.69 Å². The molecule has 1 aliphatic heterocycles. The molecule has 0 aliphatic carbocycles. The maximum Gasteiger partial charge on any atom is 0.293 e. The molecule has 33 heavy (non-hydrogen) atoms. The Morgan fingerprint density at radius 2 is 1.82 bits per heavy atom. The Labute approximate surface area is 200 Å². The van der Waals surface area contributed by atoms with Crippen molar-refractivity contribution in [2.75, 3.05) is 0 Å². The van der Waals surface area contributed by atoms with Crippen molar-refractivity contribution in [1.82, 2.24) is 14.5 Å². The maximum absolute atomic E-state index is 13.0. The predicted octanol–water partition coefficient (Wildman–Crippen LogP) is 6.53. The molecule has 0 spiro atoms. The third kappa shape index (κ3) is 4.08. The summed E-state index contributed by atoms with van der Waals surface area (Å²) in [5.74, 6) is -0.276. The molecule has 0 radical (unpaired) electrons. The first kappa shape index (κ1) is 21.5. The lowest BCUT2D eigenvalue weighted by atomic mass is 10.2. The lowest BCUT2D eigenvalue weighted by Crippen LogP contribution is -2.27. The van der Waals surface area contributed by atoms with Gasteiger partial charge in [0, 0.05) is 33.7 Å². The fourth-order valence-electron chi connectivity index (χ4n) is 4.08. The molecule has 1 fully saturated rings. The van der Waals surface area contributed by atoms with Crippen LogP contribution >= 0.6 is 23.4 Å². The summed E-state index contributed by atoms with van der Waals surface area (Å²) < 4.78 is 2.15. The quantitative estimate of drug-likeness (QED) is 0.316. The van der Waals surface area contributed by atoms with E-state index in [2.05, 4.69) is 15.6 Å². The number of carbonyl (C=O) groups is 2. The zero-order chi connectivity index (χ0) is 23.1. The molecule has 3 heterocycles. The van der Waals surface area contributed by atoms with Gasteiger partial charge in [-0.15, -0.1) is 0 Å². The summed E-state index contributed by atoms with van der Waals surface area (Å²) in [5.41, 5.74) is 5.78. The van der Waals surface area contributed by atoms with Crippen LogP contribution in [0, 0.1) is 13.8 Å². The number of hydrogen-bond acceptors (Lipinski definition) is 4. The van der Waals surface area contributed by atoms with Gasteiger partial charge in [0.25, 0.3) is 11.1 Å². The monoisotopic (exact) mass is 473 g/mol. The van der Waals surface area contributed by atoms with Crippen LogP contribution in [0.2, 0.25) is 5.02 Å². The zero-order valence-electron chi connectivity index (χ0n) is 18.1. The third-order valence-corrected chi connectivity index (χ3v) is 6.89. The van der Waals surface area contributed by atoms with E-state index in [-0.39, 0.29) is 17.7 Å². The van der Waals surface area contributed by atoms with E-state index in [0.717, 1.165) is 50.9 Å². The largest absolute Gasteiger partial charge is 0.318 e. The molecule has 2 aromatic carbocycles. The Kier molecular flexibility index (Phi) is 5.56. The van der Waals surface area contributed by atoms with E-state index in [4.69, 9.17) is 11.6 Å². The first-order valence-corrected chi connectivity index (χ1v) is 11.6. The van der Waals surface area contributed by atoms with Gasteiger partial charge in [0.15, 0.2) is 0 Å². The van der Waals surface area contributed by atoms with Crippen LogP contribution in [0.1, 0.15) is 22.5 Å². The Bertz CT molecular complexity index is 1440. The van der Waals surface area contributed by atoms with E-state index in [0.29, 0.717) is 9.93 Å². The Morgan fingerprint density at radius 1 is 1.03 bits per heavy atom. The minimum absolute atomic E-state index is 0.226. The van der Waals surface area contributed by atoms with Crippen molar-refractivity contribution in [1.29, 1.82) is 0 Å². The second-order valence-corrected chi connectivity index (χ2v) is 9.37. The van der Waals surface area contributed by atoms with Crippen LogP contribution in [0.3, 0.4) is 0 Å².